The van der Waals surface area contributed by atoms with Crippen LogP contribution in [-0.4, -0.2) is 0 Å². The van der Waals surface area contributed by atoms with Crippen LogP contribution in [0.5, 0.6) is 11.5 Å². The molecule has 2 aromatic carbocycles. The normalized spacial score (nSPS) is 10.6. The largest absolute Gasteiger partial charge is 0.453 e. The molecule has 0 fully saturated rings. The van der Waals surface area contributed by atoms with E-state index in [1.807, 2.05) is 0 Å². The van der Waals surface area contributed by atoms with E-state index in [0.29, 0.717) is 11.1 Å². The molecule has 0 aromatic heterocycles. The average molecular weight is 284 g/mol. The van der Waals surface area contributed by atoms with Crippen LogP contribution < -0.4 is 10.5 Å². The molecule has 0 saturated carbocycles. The summed E-state index contributed by atoms with van der Waals surface area (Å²) in [6.07, 6.45) is 0. The van der Waals surface area contributed by atoms with Crippen LogP contribution in [0.4, 0.5) is 8.78 Å². The Hall–Kier alpha value is -1.65. The third-order valence-electron chi connectivity index (χ3n) is 2.74. The second kappa shape index (κ2) is 5.55. The molecule has 0 atom stereocenters. The summed E-state index contributed by atoms with van der Waals surface area (Å²) in [7, 11) is 0. The summed E-state index contributed by atoms with van der Waals surface area (Å²) >= 11 is 5.84. The van der Waals surface area contributed by atoms with E-state index in [2.05, 4.69) is 0 Å². The van der Waals surface area contributed by atoms with Crippen molar-refractivity contribution in [1.29, 1.82) is 0 Å². The number of nitrogens with two attached hydrogens (primary N) is 1. The molecule has 0 amide bonds. The van der Waals surface area contributed by atoms with Gasteiger partial charge >= 0.3 is 0 Å². The summed E-state index contributed by atoms with van der Waals surface area (Å²) < 4.78 is 32.6. The molecule has 2 nitrogen and oxygen atoms in total. The van der Waals surface area contributed by atoms with Crippen LogP contribution in [0.1, 0.15) is 11.1 Å². The van der Waals surface area contributed by atoms with Crippen molar-refractivity contribution >= 4 is 11.6 Å². The molecule has 19 heavy (non-hydrogen) atoms. The Labute approximate surface area is 114 Å². The molecular formula is C14H12ClF2NO. The second-order valence-electron chi connectivity index (χ2n) is 4.06. The van der Waals surface area contributed by atoms with E-state index >= 15 is 0 Å². The lowest BCUT2D eigenvalue weighted by Gasteiger charge is -2.11. The van der Waals surface area contributed by atoms with Crippen molar-refractivity contribution in [3.8, 4) is 11.5 Å². The van der Waals surface area contributed by atoms with Gasteiger partial charge < -0.3 is 10.5 Å². The van der Waals surface area contributed by atoms with E-state index in [9.17, 15) is 8.78 Å². The van der Waals surface area contributed by atoms with E-state index in [0.717, 1.165) is 6.07 Å². The zero-order valence-electron chi connectivity index (χ0n) is 10.2. The Morgan fingerprint density at radius 1 is 1.21 bits per heavy atom. The van der Waals surface area contributed by atoms with Crippen LogP contribution in [0.2, 0.25) is 5.02 Å². The Balaban J connectivity index is 2.39. The smallest absolute Gasteiger partial charge is 0.181 e. The number of hydrogen-bond acceptors (Lipinski definition) is 2. The molecule has 2 aromatic rings. The summed E-state index contributed by atoms with van der Waals surface area (Å²) in [5.74, 6) is -1.03. The lowest BCUT2D eigenvalue weighted by molar-refractivity contribution is 0.438. The predicted molar refractivity (Wildman–Crippen MR) is 70.5 cm³/mol. The summed E-state index contributed by atoms with van der Waals surface area (Å²) in [6, 6.07) is 6.94. The maximum Gasteiger partial charge on any atom is 0.181 e. The first kappa shape index (κ1) is 13.8. The maximum absolute atomic E-state index is 13.7. The third kappa shape index (κ3) is 2.85. The summed E-state index contributed by atoms with van der Waals surface area (Å²) in [5, 5.41) is 0.126. The minimum absolute atomic E-state index is 0.0956. The van der Waals surface area contributed by atoms with Gasteiger partial charge in [-0.15, -0.1) is 0 Å². The molecular weight excluding hydrogens is 272 g/mol. The Morgan fingerprint density at radius 2 is 1.95 bits per heavy atom. The van der Waals surface area contributed by atoms with Gasteiger partial charge in [0.25, 0.3) is 0 Å². The number of halogens is 3. The molecule has 0 aliphatic rings. The van der Waals surface area contributed by atoms with Gasteiger partial charge in [-0.25, -0.2) is 8.78 Å². The van der Waals surface area contributed by atoms with Gasteiger partial charge in [0.2, 0.25) is 0 Å². The zero-order chi connectivity index (χ0) is 14.0. The molecule has 0 bridgehead atoms. The fraction of sp³-hybridized carbons (Fsp3) is 0.143. The standard InChI is InChI=1S/C14H12ClF2NO/c1-8-5-9(6-13(17)10(8)7-18)19-14-11(15)3-2-4-12(14)16/h2-6H,7,18H2,1H3. The molecule has 0 aliphatic heterocycles. The van der Waals surface area contributed by atoms with Gasteiger partial charge in [0, 0.05) is 18.2 Å². The molecule has 2 N–H and O–H groups in total. The lowest BCUT2D eigenvalue weighted by atomic mass is 10.1. The second-order valence-corrected chi connectivity index (χ2v) is 4.46. The molecule has 5 heteroatoms. The third-order valence-corrected chi connectivity index (χ3v) is 3.03. The van der Waals surface area contributed by atoms with Crippen molar-refractivity contribution in [2.75, 3.05) is 0 Å². The molecule has 0 radical (unpaired) electrons. The van der Waals surface area contributed by atoms with Crippen LogP contribution in [0, 0.1) is 18.6 Å². The first-order valence-corrected chi connectivity index (χ1v) is 6.01. The van der Waals surface area contributed by atoms with E-state index in [1.54, 1.807) is 13.0 Å². The summed E-state index contributed by atoms with van der Waals surface area (Å²) in [6.45, 7) is 1.81. The highest BCUT2D eigenvalue weighted by molar-refractivity contribution is 6.32. The molecule has 100 valence electrons. The van der Waals surface area contributed by atoms with Crippen molar-refractivity contribution < 1.29 is 13.5 Å². The Kier molecular flexibility index (Phi) is 4.02. The van der Waals surface area contributed by atoms with Gasteiger partial charge in [-0.2, -0.15) is 0 Å². The number of ether oxygens (including phenoxy) is 1. The Morgan fingerprint density at radius 3 is 2.53 bits per heavy atom. The van der Waals surface area contributed by atoms with Crippen molar-refractivity contribution in [3.05, 3.63) is 58.1 Å². The number of benzene rings is 2. The van der Waals surface area contributed by atoms with Gasteiger partial charge in [-0.1, -0.05) is 17.7 Å². The molecule has 0 heterocycles. The minimum Gasteiger partial charge on any atom is -0.453 e. The van der Waals surface area contributed by atoms with Crippen molar-refractivity contribution in [3.63, 3.8) is 0 Å². The highest BCUT2D eigenvalue weighted by Gasteiger charge is 2.12. The number of aryl methyl sites for hydroxylation is 1. The van der Waals surface area contributed by atoms with Crippen LogP contribution >= 0.6 is 11.6 Å². The fourth-order valence-corrected chi connectivity index (χ4v) is 1.96. The number of rotatable bonds is 3. The van der Waals surface area contributed by atoms with E-state index in [4.69, 9.17) is 22.1 Å². The number of hydrogen-bond donors (Lipinski definition) is 1. The highest BCUT2D eigenvalue weighted by atomic mass is 35.5. The summed E-state index contributed by atoms with van der Waals surface area (Å²) in [5.41, 5.74) is 6.49. The van der Waals surface area contributed by atoms with Gasteiger partial charge in [0.15, 0.2) is 11.6 Å². The van der Waals surface area contributed by atoms with Gasteiger partial charge in [-0.05, 0) is 30.7 Å². The Bertz CT molecular complexity index is 573. The monoisotopic (exact) mass is 283 g/mol. The first-order chi connectivity index (χ1) is 9.02. The van der Waals surface area contributed by atoms with E-state index < -0.39 is 11.6 Å². The minimum atomic E-state index is -0.603. The highest BCUT2D eigenvalue weighted by Crippen LogP contribution is 2.33. The lowest BCUT2D eigenvalue weighted by Crippen LogP contribution is -2.03. The van der Waals surface area contributed by atoms with Crippen molar-refractivity contribution in [2.24, 2.45) is 5.73 Å². The zero-order valence-corrected chi connectivity index (χ0v) is 11.0. The van der Waals surface area contributed by atoms with Gasteiger partial charge in [0.1, 0.15) is 11.6 Å². The van der Waals surface area contributed by atoms with Crippen LogP contribution in [0.25, 0.3) is 0 Å². The van der Waals surface area contributed by atoms with E-state index in [-0.39, 0.29) is 23.1 Å². The SMILES string of the molecule is Cc1cc(Oc2c(F)cccc2Cl)cc(F)c1CN. The van der Waals surface area contributed by atoms with Gasteiger partial charge in [0.05, 0.1) is 5.02 Å². The summed E-state index contributed by atoms with van der Waals surface area (Å²) in [4.78, 5) is 0. The predicted octanol–water partition coefficient (Wildman–Crippen LogP) is 4.18. The maximum atomic E-state index is 13.7. The fourth-order valence-electron chi connectivity index (χ4n) is 1.76. The first-order valence-electron chi connectivity index (χ1n) is 5.64. The number of para-hydroxylation sites is 1. The molecule has 0 spiro atoms. The van der Waals surface area contributed by atoms with Crippen LogP contribution in [0.3, 0.4) is 0 Å². The molecule has 0 saturated heterocycles. The van der Waals surface area contributed by atoms with Crippen LogP contribution in [-0.2, 0) is 6.54 Å². The van der Waals surface area contributed by atoms with Gasteiger partial charge in [-0.3, -0.25) is 0 Å². The van der Waals surface area contributed by atoms with Crippen molar-refractivity contribution in [2.45, 2.75) is 13.5 Å². The topological polar surface area (TPSA) is 35.2 Å². The van der Waals surface area contributed by atoms with Crippen molar-refractivity contribution in [1.82, 2.24) is 0 Å². The molecule has 2 rings (SSSR count). The average Bonchev–Trinajstić information content (AvgIpc) is 2.34. The molecule has 0 unspecified atom stereocenters. The van der Waals surface area contributed by atoms with Crippen LogP contribution in [0.15, 0.2) is 30.3 Å². The quantitative estimate of drug-likeness (QED) is 0.917. The van der Waals surface area contributed by atoms with E-state index in [1.165, 1.54) is 18.2 Å². The molecule has 0 aliphatic carbocycles.